The van der Waals surface area contributed by atoms with Crippen LogP contribution in [-0.2, 0) is 16.1 Å². The fourth-order valence-corrected chi connectivity index (χ4v) is 2.09. The van der Waals surface area contributed by atoms with Gasteiger partial charge in [-0.25, -0.2) is 0 Å². The van der Waals surface area contributed by atoms with Gasteiger partial charge in [0.2, 0.25) is 0 Å². The van der Waals surface area contributed by atoms with Gasteiger partial charge in [0.25, 0.3) is 0 Å². The summed E-state index contributed by atoms with van der Waals surface area (Å²) >= 11 is 0. The molecular formula is C14H19NO2. The molecule has 0 bridgehead atoms. The van der Waals surface area contributed by atoms with Crippen LogP contribution in [0.2, 0.25) is 0 Å². The minimum Gasteiger partial charge on any atom is -0.460 e. The Morgan fingerprint density at radius 2 is 2.29 bits per heavy atom. The van der Waals surface area contributed by atoms with Crippen molar-refractivity contribution in [2.24, 2.45) is 0 Å². The van der Waals surface area contributed by atoms with Crippen molar-refractivity contribution in [2.45, 2.75) is 39.3 Å². The Kier molecular flexibility index (Phi) is 3.79. The molecule has 1 aromatic rings. The number of rotatable bonds is 3. The lowest BCUT2D eigenvalue weighted by molar-refractivity contribution is -0.147. The summed E-state index contributed by atoms with van der Waals surface area (Å²) in [5, 5.41) is 3.14. The molecule has 1 fully saturated rings. The first-order valence-corrected chi connectivity index (χ1v) is 6.13. The molecule has 0 saturated carbocycles. The predicted molar refractivity (Wildman–Crippen MR) is 66.7 cm³/mol. The highest BCUT2D eigenvalue weighted by atomic mass is 16.5. The number of ether oxygens (including phenoxy) is 1. The van der Waals surface area contributed by atoms with Gasteiger partial charge in [-0.1, -0.05) is 23.8 Å². The second kappa shape index (κ2) is 5.32. The van der Waals surface area contributed by atoms with Crippen LogP contribution in [0.25, 0.3) is 0 Å². The minimum absolute atomic E-state index is 0.0971. The van der Waals surface area contributed by atoms with E-state index in [2.05, 4.69) is 23.5 Å². The third-order valence-electron chi connectivity index (χ3n) is 3.22. The van der Waals surface area contributed by atoms with Crippen molar-refractivity contribution in [3.05, 3.63) is 34.9 Å². The third kappa shape index (κ3) is 3.07. The maximum atomic E-state index is 11.7. The number of benzene rings is 1. The van der Waals surface area contributed by atoms with Crippen LogP contribution < -0.4 is 5.32 Å². The summed E-state index contributed by atoms with van der Waals surface area (Å²) in [5.41, 5.74) is 3.46. The molecule has 0 amide bonds. The Bertz CT molecular complexity index is 409. The van der Waals surface area contributed by atoms with E-state index in [1.807, 2.05) is 13.8 Å². The largest absolute Gasteiger partial charge is 0.460 e. The van der Waals surface area contributed by atoms with Crippen molar-refractivity contribution in [3.63, 3.8) is 0 Å². The van der Waals surface area contributed by atoms with Gasteiger partial charge in [-0.05, 0) is 44.4 Å². The lowest BCUT2D eigenvalue weighted by Gasteiger charge is -2.12. The summed E-state index contributed by atoms with van der Waals surface area (Å²) in [6.45, 7) is 5.38. The molecule has 1 saturated heterocycles. The molecular weight excluding hydrogens is 214 g/mol. The molecule has 1 aliphatic rings. The first-order valence-electron chi connectivity index (χ1n) is 6.13. The van der Waals surface area contributed by atoms with Gasteiger partial charge in [0.05, 0.1) is 0 Å². The second-order valence-electron chi connectivity index (χ2n) is 4.69. The van der Waals surface area contributed by atoms with Gasteiger partial charge in [0, 0.05) is 0 Å². The summed E-state index contributed by atoms with van der Waals surface area (Å²) in [7, 11) is 0. The van der Waals surface area contributed by atoms with E-state index in [1.54, 1.807) is 0 Å². The zero-order valence-electron chi connectivity index (χ0n) is 10.5. The molecule has 1 aromatic carbocycles. The van der Waals surface area contributed by atoms with E-state index in [-0.39, 0.29) is 12.0 Å². The van der Waals surface area contributed by atoms with Crippen LogP contribution in [0.3, 0.4) is 0 Å². The number of aryl methyl sites for hydroxylation is 2. The van der Waals surface area contributed by atoms with Gasteiger partial charge < -0.3 is 10.1 Å². The molecule has 92 valence electrons. The maximum absolute atomic E-state index is 11.7. The number of carbonyl (C=O) groups is 1. The zero-order valence-corrected chi connectivity index (χ0v) is 10.5. The van der Waals surface area contributed by atoms with Gasteiger partial charge >= 0.3 is 5.97 Å². The lowest BCUT2D eigenvalue weighted by atomic mass is 10.1. The standard InChI is InChI=1S/C14H19NO2/c1-10-5-6-11(2)12(8-10)9-17-14(16)13-4-3-7-15-13/h5-6,8,13,15H,3-4,7,9H2,1-2H3. The van der Waals surface area contributed by atoms with Gasteiger partial charge in [0.1, 0.15) is 12.6 Å². The van der Waals surface area contributed by atoms with Crippen LogP contribution in [0, 0.1) is 13.8 Å². The first kappa shape index (κ1) is 12.1. The van der Waals surface area contributed by atoms with Gasteiger partial charge in [-0.2, -0.15) is 0 Å². The number of nitrogens with one attached hydrogen (secondary N) is 1. The van der Waals surface area contributed by atoms with Crippen LogP contribution in [0.1, 0.15) is 29.5 Å². The highest BCUT2D eigenvalue weighted by Crippen LogP contribution is 2.13. The molecule has 1 heterocycles. The average Bonchev–Trinajstić information content (AvgIpc) is 2.83. The van der Waals surface area contributed by atoms with E-state index >= 15 is 0 Å². The molecule has 17 heavy (non-hydrogen) atoms. The summed E-state index contributed by atoms with van der Waals surface area (Å²) in [4.78, 5) is 11.7. The van der Waals surface area contributed by atoms with E-state index < -0.39 is 0 Å². The molecule has 1 unspecified atom stereocenters. The molecule has 3 heteroatoms. The Morgan fingerprint density at radius 1 is 1.47 bits per heavy atom. The van der Waals surface area contributed by atoms with E-state index in [0.29, 0.717) is 6.61 Å². The molecule has 0 spiro atoms. The Labute approximate surface area is 102 Å². The zero-order chi connectivity index (χ0) is 12.3. The molecule has 3 nitrogen and oxygen atoms in total. The number of hydrogen-bond donors (Lipinski definition) is 1. The molecule has 1 aliphatic heterocycles. The fourth-order valence-electron chi connectivity index (χ4n) is 2.09. The van der Waals surface area contributed by atoms with Crippen molar-refractivity contribution in [3.8, 4) is 0 Å². The Balaban J connectivity index is 1.92. The van der Waals surface area contributed by atoms with E-state index in [4.69, 9.17) is 4.74 Å². The minimum atomic E-state index is -0.122. The number of carbonyl (C=O) groups excluding carboxylic acids is 1. The maximum Gasteiger partial charge on any atom is 0.323 e. The van der Waals surface area contributed by atoms with Crippen molar-refractivity contribution in [1.82, 2.24) is 5.32 Å². The predicted octanol–water partition coefficient (Wildman–Crippen LogP) is 2.10. The molecule has 2 rings (SSSR count). The Hall–Kier alpha value is -1.35. The van der Waals surface area contributed by atoms with Crippen molar-refractivity contribution >= 4 is 5.97 Å². The van der Waals surface area contributed by atoms with Crippen LogP contribution in [0.5, 0.6) is 0 Å². The summed E-state index contributed by atoms with van der Waals surface area (Å²) in [6, 6.07) is 6.11. The molecule has 1 N–H and O–H groups in total. The molecule has 1 atom stereocenters. The van der Waals surface area contributed by atoms with Crippen LogP contribution in [0.4, 0.5) is 0 Å². The SMILES string of the molecule is Cc1ccc(C)c(COC(=O)C2CCCN2)c1. The first-order chi connectivity index (χ1) is 8.16. The van der Waals surface area contributed by atoms with Crippen molar-refractivity contribution in [2.75, 3.05) is 6.54 Å². The number of hydrogen-bond acceptors (Lipinski definition) is 3. The van der Waals surface area contributed by atoms with Crippen LogP contribution >= 0.6 is 0 Å². The van der Waals surface area contributed by atoms with Gasteiger partial charge in [0.15, 0.2) is 0 Å². The molecule has 0 aromatic heterocycles. The highest BCUT2D eigenvalue weighted by molar-refractivity contribution is 5.76. The monoisotopic (exact) mass is 233 g/mol. The fraction of sp³-hybridized carbons (Fsp3) is 0.500. The topological polar surface area (TPSA) is 38.3 Å². The van der Waals surface area contributed by atoms with Crippen molar-refractivity contribution < 1.29 is 9.53 Å². The second-order valence-corrected chi connectivity index (χ2v) is 4.69. The van der Waals surface area contributed by atoms with E-state index in [9.17, 15) is 4.79 Å². The summed E-state index contributed by atoms with van der Waals surface area (Å²) in [5.74, 6) is -0.122. The summed E-state index contributed by atoms with van der Waals surface area (Å²) in [6.07, 6.45) is 1.95. The van der Waals surface area contributed by atoms with E-state index in [0.717, 1.165) is 24.9 Å². The van der Waals surface area contributed by atoms with E-state index in [1.165, 1.54) is 11.1 Å². The van der Waals surface area contributed by atoms with Gasteiger partial charge in [-0.3, -0.25) is 4.79 Å². The lowest BCUT2D eigenvalue weighted by Crippen LogP contribution is -2.32. The van der Waals surface area contributed by atoms with Crippen molar-refractivity contribution in [1.29, 1.82) is 0 Å². The van der Waals surface area contributed by atoms with Crippen LogP contribution in [-0.4, -0.2) is 18.6 Å². The Morgan fingerprint density at radius 3 is 3.00 bits per heavy atom. The average molecular weight is 233 g/mol. The van der Waals surface area contributed by atoms with Gasteiger partial charge in [-0.15, -0.1) is 0 Å². The molecule has 0 radical (unpaired) electrons. The highest BCUT2D eigenvalue weighted by Gasteiger charge is 2.23. The quantitative estimate of drug-likeness (QED) is 0.812. The normalized spacial score (nSPS) is 19.3. The smallest absolute Gasteiger partial charge is 0.323 e. The number of esters is 1. The third-order valence-corrected chi connectivity index (χ3v) is 3.22. The van der Waals surface area contributed by atoms with Crippen LogP contribution in [0.15, 0.2) is 18.2 Å². The molecule has 0 aliphatic carbocycles. The summed E-state index contributed by atoms with van der Waals surface area (Å²) < 4.78 is 5.35.